The molecule has 0 saturated carbocycles. The zero-order valence-corrected chi connectivity index (χ0v) is 32.2. The molecule has 49 heavy (non-hydrogen) atoms. The number of hydrogen-bond donors (Lipinski definition) is 3. The van der Waals surface area contributed by atoms with E-state index in [2.05, 4.69) is 45.6 Å². The number of hydrogen-bond acceptors (Lipinski definition) is 12. The van der Waals surface area contributed by atoms with Gasteiger partial charge in [0.15, 0.2) is 11.2 Å². The zero-order valence-electron chi connectivity index (χ0n) is 30.3. The first-order valence-electron chi connectivity index (χ1n) is 16.2. The first-order chi connectivity index (χ1) is 22.7. The summed E-state index contributed by atoms with van der Waals surface area (Å²) in [4.78, 5) is 83.5. The summed E-state index contributed by atoms with van der Waals surface area (Å²) in [6.07, 6.45) is 4.63. The van der Waals surface area contributed by atoms with Crippen molar-refractivity contribution in [1.29, 1.82) is 0 Å². The first-order valence-corrected chi connectivity index (χ1v) is 20.9. The molecular formula is C33H53N5O9SSi. The highest BCUT2D eigenvalue weighted by molar-refractivity contribution is 8.13. The lowest BCUT2D eigenvalue weighted by atomic mass is 10.0. The normalized spacial score (nSPS) is 16.1. The molecule has 0 aromatic heterocycles. The number of aliphatic imine (C=N–C) groups is 2. The molecule has 1 rings (SSSR count). The average molecular weight is 724 g/mol. The van der Waals surface area contributed by atoms with E-state index in [-0.39, 0.29) is 36.2 Å². The number of alkyl carbamates (subject to hydrolysis) is 1. The van der Waals surface area contributed by atoms with Crippen molar-refractivity contribution >= 4 is 66.8 Å². The third-order valence-electron chi connectivity index (χ3n) is 6.40. The molecule has 0 radical (unpaired) electrons. The Hall–Kier alpha value is -3.79. The summed E-state index contributed by atoms with van der Waals surface area (Å²) in [6, 6.07) is -1.38. The Kier molecular flexibility index (Phi) is 18.2. The highest BCUT2D eigenvalue weighted by atomic mass is 32.2. The van der Waals surface area contributed by atoms with E-state index in [4.69, 9.17) is 14.2 Å². The zero-order chi connectivity index (χ0) is 37.4. The lowest BCUT2D eigenvalue weighted by Crippen LogP contribution is -2.49. The largest absolute Gasteiger partial charge is 0.466 e. The fourth-order valence-corrected chi connectivity index (χ4v) is 5.09. The number of allylic oxidation sites excluding steroid dienone is 2. The minimum atomic E-state index is -1.43. The number of amidine groups is 1. The molecule has 1 heterocycles. The van der Waals surface area contributed by atoms with Gasteiger partial charge in [-0.25, -0.2) is 19.6 Å². The van der Waals surface area contributed by atoms with Crippen molar-refractivity contribution in [2.75, 3.05) is 18.9 Å². The molecule has 3 atom stereocenters. The molecule has 1 aliphatic heterocycles. The summed E-state index contributed by atoms with van der Waals surface area (Å²) in [5, 5.41) is 7.62. The predicted octanol–water partition coefficient (Wildman–Crippen LogP) is 3.93. The summed E-state index contributed by atoms with van der Waals surface area (Å²) < 4.78 is 16.3. The number of rotatable bonds is 18. The van der Waals surface area contributed by atoms with Crippen LogP contribution in [0, 0.1) is 5.92 Å². The number of ether oxygens (including phenoxy) is 3. The molecule has 0 spiro atoms. The molecule has 0 aliphatic carbocycles. The van der Waals surface area contributed by atoms with E-state index in [0.717, 1.165) is 17.8 Å². The standard InChI is InChI=1S/C33H53N5O9SSi/c1-11-24(37-30(42)25-19-34-26(36-25)20-35-32(44)47-33(5,6)7)29(41)38-28(21(2)3)31(43)46-23(14-12-13-16-48-22(4)39)18-27(40)45-15-17-49(8,9)10/h11-12,14,19,21,23,25,28H,13,15-18,20H2,1-10H3,(H,35,44)(H,37,42)(H,38,41)/b14-12+,24-11-/t23-,25?,28+/m1/s1. The van der Waals surface area contributed by atoms with Crippen LogP contribution in [0.15, 0.2) is 33.9 Å². The van der Waals surface area contributed by atoms with E-state index < -0.39 is 67.6 Å². The van der Waals surface area contributed by atoms with Crippen molar-refractivity contribution in [2.45, 2.75) is 111 Å². The lowest BCUT2D eigenvalue weighted by molar-refractivity contribution is -0.156. The maximum absolute atomic E-state index is 13.4. The molecule has 0 aromatic carbocycles. The summed E-state index contributed by atoms with van der Waals surface area (Å²) in [5.74, 6) is -2.39. The molecule has 1 unspecified atom stereocenters. The number of esters is 2. The number of carbonyl (C=O) groups excluding carboxylic acids is 6. The predicted molar refractivity (Wildman–Crippen MR) is 193 cm³/mol. The van der Waals surface area contributed by atoms with Crippen molar-refractivity contribution in [3.63, 3.8) is 0 Å². The van der Waals surface area contributed by atoms with Crippen molar-refractivity contribution in [1.82, 2.24) is 16.0 Å². The van der Waals surface area contributed by atoms with Gasteiger partial charge in [-0.1, -0.05) is 57.4 Å². The molecule has 3 amide bonds. The van der Waals surface area contributed by atoms with Gasteiger partial charge in [-0.3, -0.25) is 19.2 Å². The Morgan fingerprint density at radius 3 is 2.35 bits per heavy atom. The van der Waals surface area contributed by atoms with E-state index >= 15 is 0 Å². The summed E-state index contributed by atoms with van der Waals surface area (Å²) in [6.45, 7) is 18.3. The van der Waals surface area contributed by atoms with Gasteiger partial charge in [-0.05, 0) is 52.2 Å². The van der Waals surface area contributed by atoms with Gasteiger partial charge in [-0.15, -0.1) is 0 Å². The number of nitrogens with zero attached hydrogens (tertiary/aromatic N) is 2. The molecule has 16 heteroatoms. The summed E-state index contributed by atoms with van der Waals surface area (Å²) >= 11 is 1.16. The number of thioether (sulfide) groups is 1. The first kappa shape index (κ1) is 43.2. The van der Waals surface area contributed by atoms with Crippen LogP contribution >= 0.6 is 11.8 Å². The van der Waals surface area contributed by atoms with Gasteiger partial charge in [0, 0.05) is 27.0 Å². The van der Waals surface area contributed by atoms with E-state index in [9.17, 15) is 28.8 Å². The Bertz CT molecular complexity index is 1320. The minimum absolute atomic E-state index is 0.0176. The van der Waals surface area contributed by atoms with Gasteiger partial charge in [0.25, 0.3) is 11.8 Å². The van der Waals surface area contributed by atoms with E-state index in [1.165, 1.54) is 19.2 Å². The summed E-state index contributed by atoms with van der Waals surface area (Å²) in [7, 11) is -1.43. The highest BCUT2D eigenvalue weighted by Gasteiger charge is 2.31. The van der Waals surface area contributed by atoms with Crippen LogP contribution in [0.4, 0.5) is 4.79 Å². The maximum atomic E-state index is 13.4. The van der Waals surface area contributed by atoms with Gasteiger partial charge in [0.2, 0.25) is 0 Å². The van der Waals surface area contributed by atoms with Crippen LogP contribution in [0.3, 0.4) is 0 Å². The molecular weight excluding hydrogens is 671 g/mol. The SMILES string of the molecule is C/C=C(\NC(=O)C1C=NC(CNC(=O)OC(C)(C)C)=N1)C(=O)N[C@H](C(=O)O[C@H](/C=C/CCSC(C)=O)CC(=O)OCC[Si](C)(C)C)C(C)C. The monoisotopic (exact) mass is 723 g/mol. The van der Waals surface area contributed by atoms with E-state index in [1.54, 1.807) is 53.7 Å². The van der Waals surface area contributed by atoms with Gasteiger partial charge in [0.1, 0.15) is 29.3 Å². The molecule has 3 N–H and O–H groups in total. The maximum Gasteiger partial charge on any atom is 0.408 e. The minimum Gasteiger partial charge on any atom is -0.466 e. The molecule has 0 bridgehead atoms. The third kappa shape index (κ3) is 19.1. The topological polar surface area (TPSA) is 191 Å². The van der Waals surface area contributed by atoms with E-state index in [1.807, 2.05) is 0 Å². The fraction of sp³-hybridized carbons (Fsp3) is 0.636. The van der Waals surface area contributed by atoms with Crippen LogP contribution in [0.2, 0.25) is 25.7 Å². The molecule has 1 aliphatic rings. The summed E-state index contributed by atoms with van der Waals surface area (Å²) in [5.41, 5.74) is -0.809. The van der Waals surface area contributed by atoms with Gasteiger partial charge >= 0.3 is 18.0 Å². The quantitative estimate of drug-likeness (QED) is 0.0466. The van der Waals surface area contributed by atoms with Crippen LogP contribution < -0.4 is 16.0 Å². The molecule has 0 saturated heterocycles. The van der Waals surface area contributed by atoms with Crippen molar-refractivity contribution < 1.29 is 43.0 Å². The van der Waals surface area contributed by atoms with Gasteiger partial charge in [0.05, 0.1) is 19.6 Å². The Morgan fingerprint density at radius 2 is 1.78 bits per heavy atom. The van der Waals surface area contributed by atoms with Crippen LogP contribution in [0.25, 0.3) is 0 Å². The Labute approximate surface area is 294 Å². The van der Waals surface area contributed by atoms with Crippen LogP contribution in [-0.2, 0) is 38.2 Å². The van der Waals surface area contributed by atoms with Gasteiger partial charge < -0.3 is 30.2 Å². The Morgan fingerprint density at radius 1 is 1.10 bits per heavy atom. The van der Waals surface area contributed by atoms with Crippen molar-refractivity contribution in [2.24, 2.45) is 15.9 Å². The highest BCUT2D eigenvalue weighted by Crippen LogP contribution is 2.14. The van der Waals surface area contributed by atoms with Crippen molar-refractivity contribution in [3.05, 3.63) is 23.9 Å². The number of nitrogens with one attached hydrogen (secondary N) is 3. The van der Waals surface area contributed by atoms with Crippen LogP contribution in [-0.4, -0.2) is 97.8 Å². The van der Waals surface area contributed by atoms with E-state index in [0.29, 0.717) is 12.2 Å². The molecule has 0 aromatic rings. The smallest absolute Gasteiger partial charge is 0.408 e. The molecule has 14 nitrogen and oxygen atoms in total. The van der Waals surface area contributed by atoms with Crippen molar-refractivity contribution in [3.8, 4) is 0 Å². The van der Waals surface area contributed by atoms with Gasteiger partial charge in [-0.2, -0.15) is 0 Å². The average Bonchev–Trinajstić information content (AvgIpc) is 3.44. The van der Waals surface area contributed by atoms with Crippen LogP contribution in [0.1, 0.15) is 61.3 Å². The van der Waals surface area contributed by atoms with Crippen LogP contribution in [0.5, 0.6) is 0 Å². The second kappa shape index (κ2) is 20.7. The molecule has 0 fully saturated rings. The molecule has 274 valence electrons. The third-order valence-corrected chi connectivity index (χ3v) is 8.95. The lowest BCUT2D eigenvalue weighted by Gasteiger charge is -2.24. The second-order valence-electron chi connectivity index (χ2n) is 13.8. The number of carbonyl (C=O) groups is 6. The second-order valence-corrected chi connectivity index (χ2v) is 20.7. The number of amides is 3. The fourth-order valence-electron chi connectivity index (χ4n) is 3.83. The Balaban J connectivity index is 2.90.